The van der Waals surface area contributed by atoms with E-state index in [-0.39, 0.29) is 0 Å². The zero-order valence-electron chi connectivity index (χ0n) is 13.1. The molecule has 0 amide bonds. The maximum Gasteiger partial charge on any atom is 0.142 e. The number of nitrogens with one attached hydrogen (secondary N) is 1. The molecule has 0 bridgehead atoms. The third-order valence-electron chi connectivity index (χ3n) is 3.28. The fraction of sp³-hybridized carbons (Fsp3) is 0.375. The molecule has 0 aliphatic carbocycles. The topological polar surface area (TPSA) is 50.3 Å². The predicted octanol–water partition coefficient (Wildman–Crippen LogP) is 3.38. The van der Waals surface area contributed by atoms with Crippen LogP contribution in [0.3, 0.4) is 0 Å². The van der Waals surface area contributed by atoms with Gasteiger partial charge in [-0.15, -0.1) is 0 Å². The third kappa shape index (κ3) is 3.62. The zero-order valence-corrected chi connectivity index (χ0v) is 13.1. The standard InChI is InChI=1S/C16H22N4O/c1-5-20(6-2)16-11-15(17-12(3)18-16)19-13-9-7-8-10-14(13)21-4/h7-11H,5-6H2,1-4H3,(H,17,18,19). The Morgan fingerprint density at radius 1 is 1.14 bits per heavy atom. The number of rotatable bonds is 6. The molecule has 2 aromatic rings. The molecule has 0 saturated carbocycles. The van der Waals surface area contributed by atoms with Gasteiger partial charge in [-0.2, -0.15) is 0 Å². The minimum atomic E-state index is 0.747. The molecule has 21 heavy (non-hydrogen) atoms. The first-order valence-corrected chi connectivity index (χ1v) is 7.18. The maximum absolute atomic E-state index is 5.35. The van der Waals surface area contributed by atoms with E-state index in [0.29, 0.717) is 0 Å². The van der Waals surface area contributed by atoms with Crippen molar-refractivity contribution >= 4 is 17.3 Å². The van der Waals surface area contributed by atoms with Crippen molar-refractivity contribution in [3.63, 3.8) is 0 Å². The number of anilines is 3. The number of hydrogen-bond acceptors (Lipinski definition) is 5. The van der Waals surface area contributed by atoms with Gasteiger partial charge in [-0.1, -0.05) is 12.1 Å². The van der Waals surface area contributed by atoms with Crippen molar-refractivity contribution in [2.45, 2.75) is 20.8 Å². The lowest BCUT2D eigenvalue weighted by molar-refractivity contribution is 0.417. The quantitative estimate of drug-likeness (QED) is 0.882. The van der Waals surface area contributed by atoms with Crippen LogP contribution in [0.4, 0.5) is 17.3 Å². The van der Waals surface area contributed by atoms with E-state index in [2.05, 4.69) is 34.0 Å². The molecular weight excluding hydrogens is 264 g/mol. The van der Waals surface area contributed by atoms with Crippen LogP contribution in [0.2, 0.25) is 0 Å². The number of para-hydroxylation sites is 2. The average molecular weight is 286 g/mol. The Morgan fingerprint density at radius 2 is 1.86 bits per heavy atom. The van der Waals surface area contributed by atoms with Gasteiger partial charge in [0.15, 0.2) is 0 Å². The Balaban J connectivity index is 2.32. The van der Waals surface area contributed by atoms with E-state index < -0.39 is 0 Å². The largest absolute Gasteiger partial charge is 0.495 e. The molecule has 0 saturated heterocycles. The number of aryl methyl sites for hydroxylation is 1. The van der Waals surface area contributed by atoms with Crippen LogP contribution in [0.5, 0.6) is 5.75 Å². The van der Waals surface area contributed by atoms with Gasteiger partial charge >= 0.3 is 0 Å². The Bertz CT molecular complexity index is 597. The van der Waals surface area contributed by atoms with Crippen LogP contribution in [0.1, 0.15) is 19.7 Å². The van der Waals surface area contributed by atoms with E-state index in [1.54, 1.807) is 7.11 Å². The molecule has 0 fully saturated rings. The van der Waals surface area contributed by atoms with Crippen molar-refractivity contribution in [1.29, 1.82) is 0 Å². The molecule has 0 atom stereocenters. The first kappa shape index (κ1) is 15.1. The Labute approximate surface area is 126 Å². The molecule has 0 unspecified atom stereocenters. The highest BCUT2D eigenvalue weighted by molar-refractivity contribution is 5.65. The lowest BCUT2D eigenvalue weighted by Gasteiger charge is -2.21. The van der Waals surface area contributed by atoms with Crippen LogP contribution in [0.25, 0.3) is 0 Å². The highest BCUT2D eigenvalue weighted by Crippen LogP contribution is 2.27. The van der Waals surface area contributed by atoms with E-state index in [1.165, 1.54) is 0 Å². The Kier molecular flexibility index (Phi) is 4.98. The highest BCUT2D eigenvalue weighted by atomic mass is 16.5. The summed E-state index contributed by atoms with van der Waals surface area (Å²) in [6.07, 6.45) is 0. The molecule has 1 N–H and O–H groups in total. The average Bonchev–Trinajstić information content (AvgIpc) is 2.48. The maximum atomic E-state index is 5.35. The van der Waals surface area contributed by atoms with Crippen molar-refractivity contribution in [3.05, 3.63) is 36.2 Å². The number of aromatic nitrogens is 2. The molecule has 1 aromatic heterocycles. The van der Waals surface area contributed by atoms with Crippen molar-refractivity contribution in [2.75, 3.05) is 30.4 Å². The third-order valence-corrected chi connectivity index (χ3v) is 3.28. The Hall–Kier alpha value is -2.30. The Morgan fingerprint density at radius 3 is 2.52 bits per heavy atom. The molecular formula is C16H22N4O. The summed E-state index contributed by atoms with van der Waals surface area (Å²) in [7, 11) is 1.66. The fourth-order valence-corrected chi connectivity index (χ4v) is 2.21. The SMILES string of the molecule is CCN(CC)c1cc(Nc2ccccc2OC)nc(C)n1. The second kappa shape index (κ2) is 6.92. The van der Waals surface area contributed by atoms with E-state index in [0.717, 1.165) is 42.0 Å². The fourth-order valence-electron chi connectivity index (χ4n) is 2.21. The summed E-state index contributed by atoms with van der Waals surface area (Å²) in [6.45, 7) is 7.98. The molecule has 0 aliphatic heterocycles. The lowest BCUT2D eigenvalue weighted by Crippen LogP contribution is -2.23. The molecule has 1 aromatic carbocycles. The van der Waals surface area contributed by atoms with Gasteiger partial charge in [-0.05, 0) is 32.9 Å². The number of hydrogen-bond donors (Lipinski definition) is 1. The van der Waals surface area contributed by atoms with Gasteiger partial charge in [-0.25, -0.2) is 9.97 Å². The van der Waals surface area contributed by atoms with Crippen molar-refractivity contribution in [1.82, 2.24) is 9.97 Å². The van der Waals surface area contributed by atoms with Gasteiger partial charge in [0.2, 0.25) is 0 Å². The second-order valence-electron chi connectivity index (χ2n) is 4.66. The molecule has 112 valence electrons. The van der Waals surface area contributed by atoms with Crippen LogP contribution in [0, 0.1) is 6.92 Å². The monoisotopic (exact) mass is 286 g/mol. The van der Waals surface area contributed by atoms with Crippen molar-refractivity contribution < 1.29 is 4.74 Å². The van der Waals surface area contributed by atoms with Gasteiger partial charge < -0.3 is 15.0 Å². The molecule has 0 aliphatic rings. The highest BCUT2D eigenvalue weighted by Gasteiger charge is 2.09. The van der Waals surface area contributed by atoms with E-state index >= 15 is 0 Å². The summed E-state index contributed by atoms with van der Waals surface area (Å²) in [5, 5.41) is 3.30. The van der Waals surface area contributed by atoms with E-state index in [1.807, 2.05) is 37.3 Å². The van der Waals surface area contributed by atoms with Crippen LogP contribution >= 0.6 is 0 Å². The van der Waals surface area contributed by atoms with Gasteiger partial charge in [-0.3, -0.25) is 0 Å². The number of methoxy groups -OCH3 is 1. The van der Waals surface area contributed by atoms with Gasteiger partial charge in [0.1, 0.15) is 23.2 Å². The van der Waals surface area contributed by atoms with Crippen molar-refractivity contribution in [3.8, 4) is 5.75 Å². The smallest absolute Gasteiger partial charge is 0.142 e. The van der Waals surface area contributed by atoms with Crippen LogP contribution in [0.15, 0.2) is 30.3 Å². The first-order chi connectivity index (χ1) is 10.2. The minimum absolute atomic E-state index is 0.747. The molecule has 5 nitrogen and oxygen atoms in total. The molecule has 5 heteroatoms. The van der Waals surface area contributed by atoms with E-state index in [9.17, 15) is 0 Å². The van der Waals surface area contributed by atoms with Crippen LogP contribution in [-0.2, 0) is 0 Å². The summed E-state index contributed by atoms with van der Waals surface area (Å²) in [4.78, 5) is 11.2. The lowest BCUT2D eigenvalue weighted by atomic mass is 10.3. The predicted molar refractivity (Wildman–Crippen MR) is 86.6 cm³/mol. The van der Waals surface area contributed by atoms with Gasteiger partial charge in [0, 0.05) is 19.2 Å². The summed E-state index contributed by atoms with van der Waals surface area (Å²) in [5.74, 6) is 3.24. The number of nitrogens with zero attached hydrogens (tertiary/aromatic N) is 3. The van der Waals surface area contributed by atoms with Gasteiger partial charge in [0.25, 0.3) is 0 Å². The van der Waals surface area contributed by atoms with Crippen LogP contribution < -0.4 is 15.0 Å². The minimum Gasteiger partial charge on any atom is -0.495 e. The second-order valence-corrected chi connectivity index (χ2v) is 4.66. The van der Waals surface area contributed by atoms with Crippen LogP contribution in [-0.4, -0.2) is 30.2 Å². The molecule has 0 spiro atoms. The van der Waals surface area contributed by atoms with Crippen molar-refractivity contribution in [2.24, 2.45) is 0 Å². The number of benzene rings is 1. The summed E-state index contributed by atoms with van der Waals surface area (Å²) >= 11 is 0. The van der Waals surface area contributed by atoms with E-state index in [4.69, 9.17) is 4.74 Å². The molecule has 1 heterocycles. The normalized spacial score (nSPS) is 10.3. The summed E-state index contributed by atoms with van der Waals surface area (Å²) in [6, 6.07) is 9.75. The number of ether oxygens (including phenoxy) is 1. The first-order valence-electron chi connectivity index (χ1n) is 7.18. The molecule has 0 radical (unpaired) electrons. The summed E-state index contributed by atoms with van der Waals surface area (Å²) < 4.78 is 5.35. The summed E-state index contributed by atoms with van der Waals surface area (Å²) in [5.41, 5.74) is 0.892. The zero-order chi connectivity index (χ0) is 15.2. The molecule has 2 rings (SSSR count). The van der Waals surface area contributed by atoms with Gasteiger partial charge in [0.05, 0.1) is 12.8 Å².